The van der Waals surface area contributed by atoms with Gasteiger partial charge in [-0.2, -0.15) is 9.36 Å². The Morgan fingerprint density at radius 1 is 1.16 bits per heavy atom. The zero-order valence-corrected chi connectivity index (χ0v) is 18.2. The van der Waals surface area contributed by atoms with Gasteiger partial charge >= 0.3 is 0 Å². The third kappa shape index (κ3) is 4.06. The van der Waals surface area contributed by atoms with Gasteiger partial charge in [-0.15, -0.1) is 0 Å². The number of fused-ring (bicyclic) bond motifs is 1. The van der Waals surface area contributed by atoms with Gasteiger partial charge in [0.1, 0.15) is 22.4 Å². The lowest BCUT2D eigenvalue weighted by Crippen LogP contribution is -2.26. The number of benzene rings is 1. The van der Waals surface area contributed by atoms with Crippen LogP contribution in [-0.4, -0.2) is 45.3 Å². The Balaban J connectivity index is 1.61. The molecule has 0 aliphatic carbocycles. The zero-order valence-electron chi connectivity index (χ0n) is 17.4. The van der Waals surface area contributed by atoms with E-state index >= 15 is 0 Å². The van der Waals surface area contributed by atoms with Crippen LogP contribution in [-0.2, 0) is 4.74 Å². The van der Waals surface area contributed by atoms with Crippen molar-refractivity contribution in [3.05, 3.63) is 48.3 Å². The van der Waals surface area contributed by atoms with Gasteiger partial charge < -0.3 is 24.1 Å². The van der Waals surface area contributed by atoms with Crippen molar-refractivity contribution < 1.29 is 14.2 Å². The molecule has 1 aliphatic rings. The van der Waals surface area contributed by atoms with Crippen molar-refractivity contribution in [2.45, 2.75) is 25.9 Å². The van der Waals surface area contributed by atoms with Gasteiger partial charge in [0.05, 0.1) is 37.2 Å². The Morgan fingerprint density at radius 3 is 2.77 bits per heavy atom. The lowest BCUT2D eigenvalue weighted by Gasteiger charge is -2.23. The topological polar surface area (TPSA) is 83.3 Å². The minimum atomic E-state index is 0.0476. The van der Waals surface area contributed by atoms with E-state index in [-0.39, 0.29) is 6.10 Å². The lowest BCUT2D eigenvalue weighted by molar-refractivity contribution is 0.0243. The Labute approximate surface area is 184 Å². The number of anilines is 2. The van der Waals surface area contributed by atoms with Gasteiger partial charge in [-0.05, 0) is 42.7 Å². The summed E-state index contributed by atoms with van der Waals surface area (Å²) in [5.41, 5.74) is 3.45. The molecule has 0 radical (unpaired) electrons. The molecule has 8 nitrogen and oxygen atoms in total. The molecule has 1 aliphatic heterocycles. The number of nitrogens with zero attached hydrogens (tertiary/aromatic N) is 4. The van der Waals surface area contributed by atoms with E-state index in [0.29, 0.717) is 25.0 Å². The van der Waals surface area contributed by atoms with E-state index in [1.54, 1.807) is 7.11 Å². The number of hydrogen-bond donors (Lipinski definition) is 1. The number of aryl methyl sites for hydroxylation is 1. The molecule has 0 atom stereocenters. The quantitative estimate of drug-likeness (QED) is 0.476. The molecule has 0 unspecified atom stereocenters. The van der Waals surface area contributed by atoms with Crippen LogP contribution in [0.25, 0.3) is 16.7 Å². The lowest BCUT2D eigenvalue weighted by atomic mass is 10.1. The first kappa shape index (κ1) is 19.8. The summed E-state index contributed by atoms with van der Waals surface area (Å²) in [6, 6.07) is 11.8. The first-order chi connectivity index (χ1) is 15.2. The van der Waals surface area contributed by atoms with Crippen LogP contribution in [0.5, 0.6) is 11.6 Å². The van der Waals surface area contributed by atoms with Crippen LogP contribution in [0, 0.1) is 6.92 Å². The Bertz CT molecular complexity index is 1200. The third-order valence-electron chi connectivity index (χ3n) is 5.16. The van der Waals surface area contributed by atoms with Crippen molar-refractivity contribution in [3.8, 4) is 17.3 Å². The number of nitrogens with one attached hydrogen (secondary N) is 1. The number of aromatic nitrogens is 4. The average molecular weight is 438 g/mol. The summed E-state index contributed by atoms with van der Waals surface area (Å²) in [6.07, 6.45) is 3.68. The Kier molecular flexibility index (Phi) is 5.44. The van der Waals surface area contributed by atoms with Crippen molar-refractivity contribution in [2.75, 3.05) is 25.6 Å². The molecule has 4 aromatic rings. The smallest absolute Gasteiger partial charge is 0.244 e. The summed E-state index contributed by atoms with van der Waals surface area (Å²) in [4.78, 5) is 9.47. The molecule has 0 amide bonds. The molecule has 4 heterocycles. The molecule has 1 fully saturated rings. The van der Waals surface area contributed by atoms with Gasteiger partial charge in [0.2, 0.25) is 11.8 Å². The van der Waals surface area contributed by atoms with Crippen molar-refractivity contribution in [1.82, 2.24) is 18.9 Å². The monoisotopic (exact) mass is 437 g/mol. The second kappa shape index (κ2) is 8.52. The highest BCUT2D eigenvalue weighted by molar-refractivity contribution is 7.10. The van der Waals surface area contributed by atoms with E-state index in [9.17, 15) is 0 Å². The van der Waals surface area contributed by atoms with Gasteiger partial charge in [0.15, 0.2) is 0 Å². The predicted octanol–water partition coefficient (Wildman–Crippen LogP) is 4.50. The van der Waals surface area contributed by atoms with Crippen molar-refractivity contribution in [2.24, 2.45) is 0 Å². The summed E-state index contributed by atoms with van der Waals surface area (Å²) in [7, 11) is 1.67. The maximum Gasteiger partial charge on any atom is 0.244 e. The van der Waals surface area contributed by atoms with E-state index in [4.69, 9.17) is 24.2 Å². The molecule has 9 heteroatoms. The van der Waals surface area contributed by atoms with E-state index in [1.807, 2.05) is 54.1 Å². The zero-order chi connectivity index (χ0) is 21.2. The average Bonchev–Trinajstić information content (AvgIpc) is 3.40. The Hall–Kier alpha value is -3.17. The molecule has 1 N–H and O–H groups in total. The van der Waals surface area contributed by atoms with Gasteiger partial charge in [-0.1, -0.05) is 12.1 Å². The summed E-state index contributed by atoms with van der Waals surface area (Å²) in [5.74, 6) is 1.78. The molecular weight excluding hydrogens is 414 g/mol. The SMILES string of the molecule is COc1ccccc1-n1ccc2nc(Nc3cc(C)ns3)nc(OC3CCOCC3)c21. The second-order valence-corrected chi connectivity index (χ2v) is 8.14. The van der Waals surface area contributed by atoms with Crippen molar-refractivity contribution in [3.63, 3.8) is 0 Å². The van der Waals surface area contributed by atoms with Gasteiger partial charge in [0.25, 0.3) is 0 Å². The minimum absolute atomic E-state index is 0.0476. The number of methoxy groups -OCH3 is 1. The standard InChI is InChI=1S/C22H23N5O3S/c1-14-13-19(31-26-14)24-22-23-16-7-10-27(17-5-3-4-6-18(17)28-2)20(16)21(25-22)30-15-8-11-29-12-9-15/h3-7,10,13,15H,8-9,11-12H2,1-2H3,(H,23,24,25). The number of ether oxygens (including phenoxy) is 3. The minimum Gasteiger partial charge on any atom is -0.495 e. The van der Waals surface area contributed by atoms with Crippen molar-refractivity contribution in [1.29, 1.82) is 0 Å². The van der Waals surface area contributed by atoms with E-state index in [0.717, 1.165) is 46.0 Å². The van der Waals surface area contributed by atoms with Crippen LogP contribution in [0.2, 0.25) is 0 Å². The van der Waals surface area contributed by atoms with Gasteiger partial charge in [0, 0.05) is 19.0 Å². The fourth-order valence-electron chi connectivity index (χ4n) is 3.67. The fraction of sp³-hybridized carbons (Fsp3) is 0.318. The van der Waals surface area contributed by atoms with Crippen LogP contribution in [0.1, 0.15) is 18.5 Å². The molecule has 5 rings (SSSR count). The summed E-state index contributed by atoms with van der Waals surface area (Å²) in [5, 5.41) is 4.15. The van der Waals surface area contributed by atoms with Crippen LogP contribution < -0.4 is 14.8 Å². The van der Waals surface area contributed by atoms with Crippen LogP contribution in [0.15, 0.2) is 42.6 Å². The number of rotatable bonds is 6. The van der Waals surface area contributed by atoms with E-state index in [2.05, 4.69) is 9.69 Å². The molecule has 1 aromatic carbocycles. The van der Waals surface area contributed by atoms with E-state index < -0.39 is 0 Å². The molecule has 1 saturated heterocycles. The van der Waals surface area contributed by atoms with Crippen LogP contribution >= 0.6 is 11.5 Å². The maximum atomic E-state index is 6.40. The largest absolute Gasteiger partial charge is 0.495 e. The predicted molar refractivity (Wildman–Crippen MR) is 120 cm³/mol. The summed E-state index contributed by atoms with van der Waals surface area (Å²) in [6.45, 7) is 3.34. The highest BCUT2D eigenvalue weighted by Crippen LogP contribution is 2.33. The molecule has 0 spiro atoms. The molecule has 3 aromatic heterocycles. The van der Waals surface area contributed by atoms with Gasteiger partial charge in [-0.3, -0.25) is 0 Å². The molecule has 0 saturated carbocycles. The van der Waals surface area contributed by atoms with E-state index in [1.165, 1.54) is 11.5 Å². The fourth-order valence-corrected chi connectivity index (χ4v) is 4.32. The number of para-hydroxylation sites is 2. The molecular formula is C22H23N5O3S. The highest BCUT2D eigenvalue weighted by atomic mass is 32.1. The molecule has 160 valence electrons. The normalized spacial score (nSPS) is 14.6. The summed E-state index contributed by atoms with van der Waals surface area (Å²) >= 11 is 1.38. The highest BCUT2D eigenvalue weighted by Gasteiger charge is 2.22. The first-order valence-corrected chi connectivity index (χ1v) is 11.0. The van der Waals surface area contributed by atoms with Crippen molar-refractivity contribution >= 4 is 33.5 Å². The summed E-state index contributed by atoms with van der Waals surface area (Å²) < 4.78 is 23.8. The number of hydrogen-bond acceptors (Lipinski definition) is 8. The second-order valence-electron chi connectivity index (χ2n) is 7.33. The molecule has 31 heavy (non-hydrogen) atoms. The Morgan fingerprint density at radius 2 is 2.00 bits per heavy atom. The van der Waals surface area contributed by atoms with Gasteiger partial charge in [-0.25, -0.2) is 4.98 Å². The van der Waals surface area contributed by atoms with Crippen LogP contribution in [0.4, 0.5) is 10.9 Å². The van der Waals surface area contributed by atoms with Crippen LogP contribution in [0.3, 0.4) is 0 Å². The first-order valence-electron chi connectivity index (χ1n) is 10.2. The third-order valence-corrected chi connectivity index (χ3v) is 5.95. The molecule has 0 bridgehead atoms. The maximum absolute atomic E-state index is 6.40.